The van der Waals surface area contributed by atoms with Crippen LogP contribution in [0.3, 0.4) is 0 Å². The van der Waals surface area contributed by atoms with E-state index in [4.69, 9.17) is 0 Å². The van der Waals surface area contributed by atoms with Gasteiger partial charge in [0.2, 0.25) is 0 Å². The zero-order valence-electron chi connectivity index (χ0n) is 15.8. The van der Waals surface area contributed by atoms with E-state index < -0.39 is 0 Å². The molecule has 0 spiro atoms. The number of likely N-dealkylation sites (tertiary alicyclic amines) is 1. The summed E-state index contributed by atoms with van der Waals surface area (Å²) in [4.78, 5) is 28.2. The van der Waals surface area contributed by atoms with Crippen molar-refractivity contribution in [1.29, 1.82) is 0 Å². The number of carbonyl (C=O) groups excluding carboxylic acids is 2. The average Bonchev–Trinajstić information content (AvgIpc) is 2.68. The van der Waals surface area contributed by atoms with Gasteiger partial charge >= 0.3 is 0 Å². The molecule has 1 aromatic carbocycles. The molecule has 3 aliphatic rings. The molecule has 2 N–H and O–H groups in total. The summed E-state index contributed by atoms with van der Waals surface area (Å²) in [6, 6.07) is 6.91. The van der Waals surface area contributed by atoms with E-state index in [2.05, 4.69) is 5.32 Å². The topological polar surface area (TPSA) is 69.6 Å². The third-order valence-electron chi connectivity index (χ3n) is 5.88. The molecule has 5 nitrogen and oxygen atoms in total. The maximum Gasteiger partial charge on any atom is 0.252 e. The van der Waals surface area contributed by atoms with Gasteiger partial charge < -0.3 is 15.3 Å². The number of amides is 1. The van der Waals surface area contributed by atoms with Crippen molar-refractivity contribution in [1.82, 2.24) is 10.2 Å². The van der Waals surface area contributed by atoms with Gasteiger partial charge in [-0.1, -0.05) is 12.1 Å². The fraction of sp³-hybridized carbons (Fsp3) is 0.455. The van der Waals surface area contributed by atoms with Crippen LogP contribution in [0.25, 0.3) is 0 Å². The highest BCUT2D eigenvalue weighted by Crippen LogP contribution is 2.43. The van der Waals surface area contributed by atoms with E-state index in [1.165, 1.54) is 0 Å². The first-order valence-electron chi connectivity index (χ1n) is 9.88. The van der Waals surface area contributed by atoms with Crippen LogP contribution in [0.5, 0.6) is 5.75 Å². The van der Waals surface area contributed by atoms with Gasteiger partial charge in [-0.2, -0.15) is 0 Å². The molecule has 27 heavy (non-hydrogen) atoms. The smallest absolute Gasteiger partial charge is 0.252 e. The Hall–Kier alpha value is -2.56. The predicted molar refractivity (Wildman–Crippen MR) is 103 cm³/mol. The van der Waals surface area contributed by atoms with Gasteiger partial charge in [-0.25, -0.2) is 0 Å². The van der Waals surface area contributed by atoms with Crippen molar-refractivity contribution in [2.45, 2.75) is 51.4 Å². The van der Waals surface area contributed by atoms with Crippen molar-refractivity contribution < 1.29 is 14.7 Å². The van der Waals surface area contributed by atoms with Crippen LogP contribution in [0.1, 0.15) is 56.9 Å². The largest absolute Gasteiger partial charge is 0.508 e. The van der Waals surface area contributed by atoms with Gasteiger partial charge in [-0.15, -0.1) is 0 Å². The fourth-order valence-corrected chi connectivity index (χ4v) is 4.53. The highest BCUT2D eigenvalue weighted by Gasteiger charge is 2.39. The number of nitrogens with one attached hydrogen (secondary N) is 1. The van der Waals surface area contributed by atoms with Crippen molar-refractivity contribution in [3.63, 3.8) is 0 Å². The Labute approximate surface area is 159 Å². The molecule has 2 heterocycles. The molecule has 0 bridgehead atoms. The molecule has 5 heteroatoms. The zero-order chi connectivity index (χ0) is 19.0. The minimum Gasteiger partial charge on any atom is -0.508 e. The van der Waals surface area contributed by atoms with Crippen molar-refractivity contribution >= 4 is 11.7 Å². The summed E-state index contributed by atoms with van der Waals surface area (Å²) in [5.74, 6) is -0.0217. The maximum atomic E-state index is 13.4. The van der Waals surface area contributed by atoms with Gasteiger partial charge in [0, 0.05) is 48.0 Å². The lowest BCUT2D eigenvalue weighted by molar-refractivity contribution is -0.128. The van der Waals surface area contributed by atoms with Gasteiger partial charge in [0.05, 0.1) is 0 Å². The van der Waals surface area contributed by atoms with E-state index in [9.17, 15) is 14.7 Å². The van der Waals surface area contributed by atoms with Gasteiger partial charge in [0.25, 0.3) is 5.91 Å². The normalized spacial score (nSPS) is 23.2. The number of aromatic hydroxyl groups is 1. The minimum atomic E-state index is -0.357. The average molecular weight is 366 g/mol. The number of rotatable bonds is 2. The molecule has 142 valence electrons. The summed E-state index contributed by atoms with van der Waals surface area (Å²) in [5.41, 5.74) is 4.10. The molecule has 4 rings (SSSR count). The lowest BCUT2D eigenvalue weighted by atomic mass is 9.75. The third kappa shape index (κ3) is 3.27. The molecule has 1 aliphatic carbocycles. The Balaban J connectivity index is 1.80. The van der Waals surface area contributed by atoms with Crippen molar-refractivity contribution in [3.8, 4) is 5.75 Å². The van der Waals surface area contributed by atoms with Crippen LogP contribution in [0, 0.1) is 0 Å². The van der Waals surface area contributed by atoms with E-state index in [-0.39, 0.29) is 23.4 Å². The highest BCUT2D eigenvalue weighted by atomic mass is 16.3. The first kappa shape index (κ1) is 17.8. The summed E-state index contributed by atoms with van der Waals surface area (Å²) >= 11 is 0. The number of piperidine rings is 1. The number of phenols is 1. The van der Waals surface area contributed by atoms with Gasteiger partial charge in [0.1, 0.15) is 5.75 Å². The third-order valence-corrected chi connectivity index (χ3v) is 5.88. The summed E-state index contributed by atoms with van der Waals surface area (Å²) < 4.78 is 0. The summed E-state index contributed by atoms with van der Waals surface area (Å²) in [7, 11) is 0. The molecule has 0 radical (unpaired) electrons. The Morgan fingerprint density at radius 1 is 1.07 bits per heavy atom. The second-order valence-electron chi connectivity index (χ2n) is 7.71. The van der Waals surface area contributed by atoms with Crippen LogP contribution < -0.4 is 5.32 Å². The summed E-state index contributed by atoms with van der Waals surface area (Å²) in [6.07, 6.45) is 5.42. The Morgan fingerprint density at radius 2 is 1.78 bits per heavy atom. The number of nitrogens with zero attached hydrogens (tertiary/aromatic N) is 1. The van der Waals surface area contributed by atoms with E-state index in [0.717, 1.165) is 67.7 Å². The number of ketones is 1. The number of benzene rings is 1. The number of allylic oxidation sites excluding steroid dienone is 3. The monoisotopic (exact) mass is 366 g/mol. The van der Waals surface area contributed by atoms with E-state index in [1.807, 2.05) is 24.0 Å². The Morgan fingerprint density at radius 3 is 2.48 bits per heavy atom. The molecule has 1 saturated heterocycles. The number of hydrogen-bond donors (Lipinski definition) is 2. The fourth-order valence-electron chi connectivity index (χ4n) is 4.53. The van der Waals surface area contributed by atoms with Gasteiger partial charge in [-0.05, 0) is 56.7 Å². The molecule has 0 saturated carbocycles. The number of dihydropyridines is 1. The number of hydrogen-bond acceptors (Lipinski definition) is 4. The number of carbonyl (C=O) groups is 2. The summed E-state index contributed by atoms with van der Waals surface area (Å²) in [5, 5.41) is 13.1. The molecular formula is C22H26N2O3. The SMILES string of the molecule is CC1=C(C(=O)N2CCCCC2)[C@@H](c2ccc(O)cc2)C2=C(CCCC2=O)N1. The number of Topliss-reactive ketones (excluding diaryl/α,β-unsaturated/α-hetero) is 1. The molecule has 2 aliphatic heterocycles. The van der Waals surface area contributed by atoms with E-state index >= 15 is 0 Å². The second kappa shape index (κ2) is 7.22. The van der Waals surface area contributed by atoms with E-state index in [1.54, 1.807) is 12.1 Å². The first-order chi connectivity index (χ1) is 13.1. The molecule has 1 fully saturated rings. The van der Waals surface area contributed by atoms with Crippen molar-refractivity contribution in [2.75, 3.05) is 13.1 Å². The van der Waals surface area contributed by atoms with Gasteiger partial charge in [0.15, 0.2) is 5.78 Å². The standard InChI is InChI=1S/C22H26N2O3/c1-14-19(22(27)24-12-3-2-4-13-24)20(15-8-10-16(25)11-9-15)21-17(23-14)6-5-7-18(21)26/h8-11,20,23,25H,2-7,12-13H2,1H3/t20-/m1/s1. The van der Waals surface area contributed by atoms with Crippen molar-refractivity contribution in [3.05, 3.63) is 52.4 Å². The highest BCUT2D eigenvalue weighted by molar-refractivity contribution is 6.05. The Bertz CT molecular complexity index is 830. The van der Waals surface area contributed by atoms with Gasteiger partial charge in [-0.3, -0.25) is 9.59 Å². The van der Waals surface area contributed by atoms with Crippen LogP contribution in [-0.2, 0) is 9.59 Å². The molecule has 1 amide bonds. The molecule has 0 unspecified atom stereocenters. The molecule has 0 aromatic heterocycles. The van der Waals surface area contributed by atoms with Crippen LogP contribution in [-0.4, -0.2) is 34.8 Å². The first-order valence-corrected chi connectivity index (χ1v) is 9.88. The predicted octanol–water partition coefficient (Wildman–Crippen LogP) is 3.37. The van der Waals surface area contributed by atoms with Crippen LogP contribution in [0.15, 0.2) is 46.8 Å². The van der Waals surface area contributed by atoms with E-state index in [0.29, 0.717) is 12.0 Å². The quantitative estimate of drug-likeness (QED) is 0.842. The lowest BCUT2D eigenvalue weighted by Crippen LogP contribution is -2.42. The lowest BCUT2D eigenvalue weighted by Gasteiger charge is -2.37. The van der Waals surface area contributed by atoms with Crippen molar-refractivity contribution in [2.24, 2.45) is 0 Å². The molecule has 1 aromatic rings. The zero-order valence-corrected chi connectivity index (χ0v) is 15.8. The second-order valence-corrected chi connectivity index (χ2v) is 7.71. The summed E-state index contributed by atoms with van der Waals surface area (Å²) in [6.45, 7) is 3.49. The van der Waals surface area contributed by atoms with Crippen LogP contribution >= 0.6 is 0 Å². The Kier molecular flexibility index (Phi) is 4.77. The van der Waals surface area contributed by atoms with Crippen LogP contribution in [0.4, 0.5) is 0 Å². The molecule has 1 atom stereocenters. The minimum absolute atomic E-state index is 0.0303. The number of phenolic OH excluding ortho intramolecular Hbond substituents is 1. The maximum absolute atomic E-state index is 13.4. The molecular weight excluding hydrogens is 340 g/mol. The van der Waals surface area contributed by atoms with Crippen LogP contribution in [0.2, 0.25) is 0 Å².